The highest BCUT2D eigenvalue weighted by Crippen LogP contribution is 2.18. The topological polar surface area (TPSA) is 59.1 Å². The van der Waals surface area contributed by atoms with E-state index >= 15 is 0 Å². The van der Waals surface area contributed by atoms with E-state index in [0.717, 1.165) is 6.42 Å². The van der Waals surface area contributed by atoms with Gasteiger partial charge >= 0.3 is 0 Å². The Hall–Kier alpha value is -1.33. The summed E-state index contributed by atoms with van der Waals surface area (Å²) >= 11 is 5.87. The Morgan fingerprint density at radius 1 is 1.53 bits per heavy atom. The number of nitrogens with one attached hydrogen (secondary N) is 2. The smallest absolute Gasteiger partial charge is 0.224 e. The van der Waals surface area contributed by atoms with Gasteiger partial charge in [0.2, 0.25) is 5.95 Å². The zero-order chi connectivity index (χ0) is 12.5. The summed E-state index contributed by atoms with van der Waals surface area (Å²) < 4.78 is 5.35. The van der Waals surface area contributed by atoms with Gasteiger partial charge in [0.05, 0.1) is 19.4 Å². The number of aromatic nitrogens is 2. The molecule has 17 heavy (non-hydrogen) atoms. The fourth-order valence-electron chi connectivity index (χ4n) is 1.13. The van der Waals surface area contributed by atoms with Gasteiger partial charge < -0.3 is 15.4 Å². The summed E-state index contributed by atoms with van der Waals surface area (Å²) in [7, 11) is 1.76. The van der Waals surface area contributed by atoms with E-state index in [4.69, 9.17) is 16.3 Å². The van der Waals surface area contributed by atoms with Crippen molar-refractivity contribution in [3.05, 3.63) is 23.9 Å². The van der Waals surface area contributed by atoms with Gasteiger partial charge in [-0.25, -0.2) is 4.98 Å². The number of halogens is 1. The van der Waals surface area contributed by atoms with Crippen LogP contribution in [0.2, 0.25) is 5.02 Å². The van der Waals surface area contributed by atoms with Gasteiger partial charge in [0.25, 0.3) is 0 Å². The molecule has 0 spiro atoms. The third-order valence-electron chi connectivity index (χ3n) is 1.98. The average molecular weight is 257 g/mol. The van der Waals surface area contributed by atoms with E-state index in [9.17, 15) is 0 Å². The second kappa shape index (κ2) is 7.86. The number of hydrogen-bond donors (Lipinski definition) is 2. The van der Waals surface area contributed by atoms with Gasteiger partial charge in [-0.3, -0.25) is 0 Å². The molecule has 0 aliphatic rings. The van der Waals surface area contributed by atoms with E-state index in [1.165, 1.54) is 0 Å². The molecule has 0 aliphatic carbocycles. The van der Waals surface area contributed by atoms with Crippen molar-refractivity contribution >= 4 is 23.4 Å². The van der Waals surface area contributed by atoms with E-state index in [1.54, 1.807) is 13.2 Å². The van der Waals surface area contributed by atoms with Crippen LogP contribution in [0.25, 0.3) is 0 Å². The van der Waals surface area contributed by atoms with E-state index in [1.807, 2.05) is 6.08 Å². The normalized spacial score (nSPS) is 10.0. The first-order chi connectivity index (χ1) is 8.27. The van der Waals surface area contributed by atoms with Crippen LogP contribution >= 0.6 is 11.6 Å². The maximum absolute atomic E-state index is 5.87. The van der Waals surface area contributed by atoms with Crippen LogP contribution in [0.4, 0.5) is 11.8 Å². The Bertz CT molecular complexity index is 359. The average Bonchev–Trinajstić information content (AvgIpc) is 2.35. The van der Waals surface area contributed by atoms with Crippen LogP contribution in [0.3, 0.4) is 0 Å². The summed E-state index contributed by atoms with van der Waals surface area (Å²) in [4.78, 5) is 8.24. The lowest BCUT2D eigenvalue weighted by molar-refractivity contribution is 0.149. The predicted molar refractivity (Wildman–Crippen MR) is 70.7 cm³/mol. The van der Waals surface area contributed by atoms with Gasteiger partial charge in [-0.1, -0.05) is 17.7 Å². The van der Waals surface area contributed by atoms with Crippen molar-refractivity contribution in [3.8, 4) is 0 Å². The van der Waals surface area contributed by atoms with Crippen LogP contribution < -0.4 is 10.6 Å². The van der Waals surface area contributed by atoms with Crippen molar-refractivity contribution in [3.63, 3.8) is 0 Å². The molecule has 5 nitrogen and oxygen atoms in total. The molecule has 0 radical (unpaired) electrons. The van der Waals surface area contributed by atoms with Crippen LogP contribution in [0.1, 0.15) is 6.42 Å². The molecule has 1 aromatic rings. The number of rotatable bonds is 8. The quantitative estimate of drug-likeness (QED) is 0.552. The van der Waals surface area contributed by atoms with Crippen molar-refractivity contribution in [1.29, 1.82) is 0 Å². The van der Waals surface area contributed by atoms with E-state index < -0.39 is 0 Å². The lowest BCUT2D eigenvalue weighted by Gasteiger charge is -2.07. The first kappa shape index (κ1) is 13.7. The highest BCUT2D eigenvalue weighted by atomic mass is 35.5. The standard InChI is InChI=1S/C11H17ClN4O/c1-3-4-6-17-7-5-14-11-15-8-9(12)10(13-2)16-11/h3,8H,1,4-7H2,2H3,(H2,13,14,15,16). The molecule has 0 fully saturated rings. The monoisotopic (exact) mass is 256 g/mol. The molecular formula is C11H17ClN4O. The zero-order valence-corrected chi connectivity index (χ0v) is 10.6. The van der Waals surface area contributed by atoms with Crippen LogP contribution in [-0.4, -0.2) is 36.8 Å². The van der Waals surface area contributed by atoms with Crippen molar-refractivity contribution in [2.45, 2.75) is 6.42 Å². The molecule has 0 atom stereocenters. The summed E-state index contributed by atoms with van der Waals surface area (Å²) in [5, 5.41) is 6.44. The zero-order valence-electron chi connectivity index (χ0n) is 9.87. The third-order valence-corrected chi connectivity index (χ3v) is 2.25. The minimum absolute atomic E-state index is 0.500. The summed E-state index contributed by atoms with van der Waals surface area (Å²) in [5.74, 6) is 1.14. The third kappa shape index (κ3) is 5.01. The Kier molecular flexibility index (Phi) is 6.35. The molecule has 0 aliphatic heterocycles. The molecule has 1 rings (SSSR count). The molecule has 0 saturated heterocycles. The Morgan fingerprint density at radius 3 is 3.06 bits per heavy atom. The summed E-state index contributed by atoms with van der Waals surface area (Å²) in [6.45, 7) is 5.57. The first-order valence-corrected chi connectivity index (χ1v) is 5.78. The van der Waals surface area contributed by atoms with E-state index in [-0.39, 0.29) is 0 Å². The van der Waals surface area contributed by atoms with Gasteiger partial charge in [-0.15, -0.1) is 6.58 Å². The number of ether oxygens (including phenoxy) is 1. The predicted octanol–water partition coefficient (Wildman–Crippen LogP) is 2.18. The summed E-state index contributed by atoms with van der Waals surface area (Å²) in [5.41, 5.74) is 0. The van der Waals surface area contributed by atoms with Gasteiger partial charge in [0.15, 0.2) is 0 Å². The Balaban J connectivity index is 2.29. The SMILES string of the molecule is C=CCCOCCNc1ncc(Cl)c(NC)n1. The van der Waals surface area contributed by atoms with Crippen molar-refractivity contribution in [1.82, 2.24) is 9.97 Å². The maximum Gasteiger partial charge on any atom is 0.224 e. The lowest BCUT2D eigenvalue weighted by atomic mass is 10.4. The number of hydrogen-bond acceptors (Lipinski definition) is 5. The van der Waals surface area contributed by atoms with Crippen LogP contribution in [0.15, 0.2) is 18.9 Å². The second-order valence-electron chi connectivity index (χ2n) is 3.26. The van der Waals surface area contributed by atoms with Crippen LogP contribution in [0.5, 0.6) is 0 Å². The maximum atomic E-state index is 5.87. The van der Waals surface area contributed by atoms with Gasteiger partial charge in [-0.2, -0.15) is 4.98 Å². The lowest BCUT2D eigenvalue weighted by Crippen LogP contribution is -2.12. The van der Waals surface area contributed by atoms with Crippen LogP contribution in [0, 0.1) is 0 Å². The molecule has 2 N–H and O–H groups in total. The van der Waals surface area contributed by atoms with Crippen molar-refractivity contribution in [2.75, 3.05) is 37.4 Å². The summed E-state index contributed by atoms with van der Waals surface area (Å²) in [6, 6.07) is 0. The highest BCUT2D eigenvalue weighted by molar-refractivity contribution is 6.32. The molecular weight excluding hydrogens is 240 g/mol. The fourth-order valence-corrected chi connectivity index (χ4v) is 1.32. The Labute approximate surface area is 106 Å². The first-order valence-electron chi connectivity index (χ1n) is 5.40. The van der Waals surface area contributed by atoms with E-state index in [0.29, 0.717) is 36.5 Å². The van der Waals surface area contributed by atoms with Gasteiger partial charge in [0.1, 0.15) is 10.8 Å². The summed E-state index contributed by atoms with van der Waals surface area (Å²) in [6.07, 6.45) is 4.25. The molecule has 94 valence electrons. The van der Waals surface area contributed by atoms with Crippen molar-refractivity contribution in [2.24, 2.45) is 0 Å². The van der Waals surface area contributed by atoms with E-state index in [2.05, 4.69) is 27.2 Å². The minimum atomic E-state index is 0.500. The fraction of sp³-hybridized carbons (Fsp3) is 0.455. The highest BCUT2D eigenvalue weighted by Gasteiger charge is 2.02. The molecule has 1 heterocycles. The van der Waals surface area contributed by atoms with Gasteiger partial charge in [0, 0.05) is 13.6 Å². The molecule has 0 aromatic carbocycles. The molecule has 0 bridgehead atoms. The Morgan fingerprint density at radius 2 is 2.35 bits per heavy atom. The molecule has 1 aromatic heterocycles. The second-order valence-corrected chi connectivity index (χ2v) is 3.66. The minimum Gasteiger partial charge on any atom is -0.379 e. The van der Waals surface area contributed by atoms with Crippen LogP contribution in [-0.2, 0) is 4.74 Å². The number of nitrogens with zero attached hydrogens (tertiary/aromatic N) is 2. The van der Waals surface area contributed by atoms with Gasteiger partial charge in [-0.05, 0) is 6.42 Å². The molecule has 0 unspecified atom stereocenters. The molecule has 6 heteroatoms. The largest absolute Gasteiger partial charge is 0.379 e. The number of anilines is 2. The molecule has 0 amide bonds. The van der Waals surface area contributed by atoms with Crippen molar-refractivity contribution < 1.29 is 4.74 Å². The molecule has 0 saturated carbocycles.